The van der Waals surface area contributed by atoms with E-state index < -0.39 is 0 Å². The minimum atomic E-state index is 0.501. The Labute approximate surface area is 268 Å². The van der Waals surface area contributed by atoms with E-state index in [4.69, 9.17) is 24.3 Å². The van der Waals surface area contributed by atoms with Gasteiger partial charge in [0.15, 0.2) is 0 Å². The van der Waals surface area contributed by atoms with Crippen LogP contribution in [0.25, 0.3) is 44.4 Å². The van der Waals surface area contributed by atoms with E-state index >= 15 is 0 Å². The van der Waals surface area contributed by atoms with Crippen LogP contribution in [0.2, 0.25) is 0 Å². The summed E-state index contributed by atoms with van der Waals surface area (Å²) >= 11 is 0. The Kier molecular flexibility index (Phi) is 7.24. The number of pyridine rings is 1. The molecule has 0 saturated heterocycles. The van der Waals surface area contributed by atoms with Crippen molar-refractivity contribution in [3.63, 3.8) is 0 Å². The van der Waals surface area contributed by atoms with Crippen LogP contribution in [0, 0.1) is 34.6 Å². The Morgan fingerprint density at radius 1 is 0.630 bits per heavy atom. The molecule has 3 aromatic heterocycles. The van der Waals surface area contributed by atoms with Gasteiger partial charge in [-0.2, -0.15) is 4.68 Å². The molecule has 0 spiro atoms. The van der Waals surface area contributed by atoms with Gasteiger partial charge in [-0.25, -0.2) is 4.98 Å². The van der Waals surface area contributed by atoms with Crippen LogP contribution in [-0.4, -0.2) is 33.6 Å². The lowest BCUT2D eigenvalue weighted by molar-refractivity contribution is 0.382. The molecule has 7 nitrogen and oxygen atoms in total. The first-order valence-corrected chi connectivity index (χ1v) is 15.3. The fourth-order valence-electron chi connectivity index (χ4n) is 6.49. The third-order valence-corrected chi connectivity index (χ3v) is 8.88. The van der Waals surface area contributed by atoms with Crippen LogP contribution in [-0.2, 0) is 0 Å². The van der Waals surface area contributed by atoms with Crippen LogP contribution in [0.4, 0.5) is 0 Å². The second kappa shape index (κ2) is 11.4. The highest BCUT2D eigenvalue weighted by Gasteiger charge is 2.26. The number of ether oxygens (including phenoxy) is 3. The molecule has 0 fully saturated rings. The quantitative estimate of drug-likeness (QED) is 0.180. The van der Waals surface area contributed by atoms with Gasteiger partial charge in [0, 0.05) is 29.1 Å². The molecule has 3 heterocycles. The standard InChI is InChI=1S/C39H36N4O3/c1-23-17-18-40-35(19-23)42-33-14-9-8-13-31(33)32-16-15-30(22-34(32)42)46-29-12-10-11-28(21-29)43-39(45-7)37(38(41-43)44-6)36-25(3)20-24(2)26(4)27(36)5/h8-22H,1-7H3. The van der Waals surface area contributed by atoms with Crippen molar-refractivity contribution in [2.45, 2.75) is 34.6 Å². The minimum absolute atomic E-state index is 0.501. The van der Waals surface area contributed by atoms with Gasteiger partial charge in [-0.05, 0) is 110 Å². The summed E-state index contributed by atoms with van der Waals surface area (Å²) < 4.78 is 22.3. The fraction of sp³-hybridized carbons (Fsp3) is 0.179. The van der Waals surface area contributed by atoms with Gasteiger partial charge in [-0.3, -0.25) is 4.57 Å². The number of fused-ring (bicyclic) bond motifs is 3. The molecule has 0 N–H and O–H groups in total. The molecular formula is C39H36N4O3. The van der Waals surface area contributed by atoms with Gasteiger partial charge >= 0.3 is 0 Å². The van der Waals surface area contributed by atoms with Gasteiger partial charge in [0.1, 0.15) is 22.9 Å². The molecule has 7 rings (SSSR count). The number of nitrogens with zero attached hydrogens (tertiary/aromatic N) is 4. The van der Waals surface area contributed by atoms with Crippen LogP contribution in [0.1, 0.15) is 27.8 Å². The van der Waals surface area contributed by atoms with Gasteiger partial charge in [-0.1, -0.05) is 30.3 Å². The maximum atomic E-state index is 6.50. The number of methoxy groups -OCH3 is 2. The molecule has 4 aromatic carbocycles. The molecule has 0 unspecified atom stereocenters. The maximum absolute atomic E-state index is 6.50. The van der Waals surface area contributed by atoms with Crippen molar-refractivity contribution >= 4 is 21.8 Å². The zero-order valence-corrected chi connectivity index (χ0v) is 27.2. The fourth-order valence-corrected chi connectivity index (χ4v) is 6.49. The van der Waals surface area contributed by atoms with E-state index in [0.29, 0.717) is 23.3 Å². The number of benzene rings is 4. The van der Waals surface area contributed by atoms with Crippen molar-refractivity contribution in [2.75, 3.05) is 14.2 Å². The van der Waals surface area contributed by atoms with Crippen molar-refractivity contribution < 1.29 is 14.2 Å². The Morgan fingerprint density at radius 2 is 1.41 bits per heavy atom. The first kappa shape index (κ1) is 29.2. The average molecular weight is 609 g/mol. The number of aryl methyl sites for hydroxylation is 3. The number of rotatable bonds is 7. The lowest BCUT2D eigenvalue weighted by Crippen LogP contribution is -2.01. The molecule has 7 aromatic rings. The van der Waals surface area contributed by atoms with Gasteiger partial charge < -0.3 is 14.2 Å². The van der Waals surface area contributed by atoms with Crippen molar-refractivity contribution in [2.24, 2.45) is 0 Å². The second-order valence-corrected chi connectivity index (χ2v) is 11.8. The predicted octanol–water partition coefficient (Wildman–Crippen LogP) is 9.38. The topological polar surface area (TPSA) is 63.3 Å². The zero-order chi connectivity index (χ0) is 32.1. The van der Waals surface area contributed by atoms with Gasteiger partial charge in [0.2, 0.25) is 11.8 Å². The molecule has 230 valence electrons. The van der Waals surface area contributed by atoms with Crippen LogP contribution in [0.5, 0.6) is 23.3 Å². The summed E-state index contributed by atoms with van der Waals surface area (Å²) in [4.78, 5) is 4.71. The molecule has 0 aliphatic heterocycles. The molecule has 46 heavy (non-hydrogen) atoms. The van der Waals surface area contributed by atoms with Crippen LogP contribution in [0.15, 0.2) is 91.1 Å². The van der Waals surface area contributed by atoms with Crippen molar-refractivity contribution in [3.05, 3.63) is 119 Å². The van der Waals surface area contributed by atoms with E-state index in [1.807, 2.05) is 42.6 Å². The molecule has 0 saturated carbocycles. The van der Waals surface area contributed by atoms with Crippen LogP contribution < -0.4 is 14.2 Å². The third kappa shape index (κ3) is 4.76. The number of hydrogen-bond acceptors (Lipinski definition) is 5. The van der Waals surface area contributed by atoms with Crippen molar-refractivity contribution in [3.8, 4) is 45.9 Å². The van der Waals surface area contributed by atoms with Crippen LogP contribution in [0.3, 0.4) is 0 Å². The largest absolute Gasteiger partial charge is 0.480 e. The monoisotopic (exact) mass is 608 g/mol. The molecule has 0 aliphatic carbocycles. The number of hydrogen-bond donors (Lipinski definition) is 0. The first-order chi connectivity index (χ1) is 22.3. The summed E-state index contributed by atoms with van der Waals surface area (Å²) in [6, 6.07) is 28.8. The first-order valence-electron chi connectivity index (χ1n) is 15.3. The summed E-state index contributed by atoms with van der Waals surface area (Å²) in [6.07, 6.45) is 1.85. The summed E-state index contributed by atoms with van der Waals surface area (Å²) in [5, 5.41) is 7.15. The maximum Gasteiger partial charge on any atom is 0.245 e. The number of aromatic nitrogens is 4. The highest BCUT2D eigenvalue weighted by Crippen LogP contribution is 2.44. The molecule has 0 bridgehead atoms. The molecule has 0 atom stereocenters. The van der Waals surface area contributed by atoms with Gasteiger partial charge in [-0.15, -0.1) is 5.10 Å². The van der Waals surface area contributed by atoms with E-state index in [1.165, 1.54) is 22.1 Å². The second-order valence-electron chi connectivity index (χ2n) is 11.8. The SMILES string of the molecule is COc1nn(-c2cccc(Oc3ccc4c5ccccc5n(-c5cc(C)ccn5)c4c3)c2)c(OC)c1-c1c(C)cc(C)c(C)c1C. The highest BCUT2D eigenvalue weighted by molar-refractivity contribution is 6.09. The van der Waals surface area contributed by atoms with Crippen LogP contribution >= 0.6 is 0 Å². The Morgan fingerprint density at radius 3 is 2.20 bits per heavy atom. The van der Waals surface area contributed by atoms with E-state index in [2.05, 4.69) is 87.7 Å². The minimum Gasteiger partial charge on any atom is -0.480 e. The Bertz CT molecular complexity index is 2280. The van der Waals surface area contributed by atoms with E-state index in [9.17, 15) is 0 Å². The Hall–Kier alpha value is -5.56. The molecular weight excluding hydrogens is 572 g/mol. The third-order valence-electron chi connectivity index (χ3n) is 8.88. The smallest absolute Gasteiger partial charge is 0.245 e. The zero-order valence-electron chi connectivity index (χ0n) is 27.2. The molecule has 0 radical (unpaired) electrons. The van der Waals surface area contributed by atoms with E-state index in [-0.39, 0.29) is 0 Å². The van der Waals surface area contributed by atoms with E-state index in [1.54, 1.807) is 18.9 Å². The summed E-state index contributed by atoms with van der Waals surface area (Å²) in [6.45, 7) is 10.6. The average Bonchev–Trinajstić information content (AvgIpc) is 3.59. The summed E-state index contributed by atoms with van der Waals surface area (Å²) in [5.41, 5.74) is 10.8. The predicted molar refractivity (Wildman–Crippen MR) is 184 cm³/mol. The highest BCUT2D eigenvalue weighted by atomic mass is 16.5. The number of para-hydroxylation sites is 1. The molecule has 0 amide bonds. The normalized spacial score (nSPS) is 11.4. The van der Waals surface area contributed by atoms with Crippen molar-refractivity contribution in [1.29, 1.82) is 0 Å². The molecule has 7 heteroatoms. The van der Waals surface area contributed by atoms with Gasteiger partial charge in [0.25, 0.3) is 0 Å². The lowest BCUT2D eigenvalue weighted by atomic mass is 9.91. The van der Waals surface area contributed by atoms with E-state index in [0.717, 1.165) is 50.2 Å². The lowest BCUT2D eigenvalue weighted by Gasteiger charge is -2.16. The van der Waals surface area contributed by atoms with Gasteiger partial charge in [0.05, 0.1) is 30.9 Å². The summed E-state index contributed by atoms with van der Waals surface area (Å²) in [7, 11) is 3.31. The molecule has 0 aliphatic rings. The Balaban J connectivity index is 1.31. The van der Waals surface area contributed by atoms with Crippen molar-refractivity contribution in [1.82, 2.24) is 19.3 Å². The summed E-state index contributed by atoms with van der Waals surface area (Å²) in [5.74, 6) is 3.36.